The second-order valence-corrected chi connectivity index (χ2v) is 8.29. The Morgan fingerprint density at radius 1 is 1.20 bits per heavy atom. The van der Waals surface area contributed by atoms with Gasteiger partial charge in [-0.2, -0.15) is 0 Å². The molecule has 0 aromatic carbocycles. The molecule has 1 N–H and O–H groups in total. The third-order valence-corrected chi connectivity index (χ3v) is 6.52. The van der Waals surface area contributed by atoms with E-state index in [1.165, 1.54) is 25.7 Å². The van der Waals surface area contributed by atoms with Gasteiger partial charge in [0.25, 0.3) is 5.91 Å². The Hall–Kier alpha value is -1.56. The van der Waals surface area contributed by atoms with Crippen molar-refractivity contribution in [1.82, 2.24) is 15.2 Å². The average molecular weight is 362 g/mol. The number of hydrogen-bond donors (Lipinski definition) is 1. The van der Waals surface area contributed by atoms with E-state index in [-0.39, 0.29) is 11.8 Å². The van der Waals surface area contributed by atoms with E-state index in [9.17, 15) is 9.59 Å². The topological polar surface area (TPSA) is 62.3 Å². The predicted octanol–water partition coefficient (Wildman–Crippen LogP) is 2.73. The van der Waals surface area contributed by atoms with Crippen LogP contribution in [-0.4, -0.2) is 52.3 Å². The maximum atomic E-state index is 12.4. The van der Waals surface area contributed by atoms with E-state index >= 15 is 0 Å². The van der Waals surface area contributed by atoms with Gasteiger partial charge in [0.2, 0.25) is 5.91 Å². The Balaban J connectivity index is 1.33. The van der Waals surface area contributed by atoms with Crippen LogP contribution in [0.5, 0.6) is 0 Å². The van der Waals surface area contributed by atoms with Gasteiger partial charge in [0.1, 0.15) is 0 Å². The molecule has 0 atom stereocenters. The monoisotopic (exact) mass is 361 g/mol. The van der Waals surface area contributed by atoms with Crippen LogP contribution in [0.25, 0.3) is 0 Å². The second kappa shape index (κ2) is 9.22. The molecule has 0 unspecified atom stereocenters. The minimum atomic E-state index is 0.0588. The molecule has 0 spiro atoms. The van der Waals surface area contributed by atoms with Crippen LogP contribution in [0, 0.1) is 5.92 Å². The van der Waals surface area contributed by atoms with Gasteiger partial charge in [-0.15, -0.1) is 11.8 Å². The number of nitrogens with zero attached hydrogens (tertiary/aromatic N) is 2. The van der Waals surface area contributed by atoms with Gasteiger partial charge in [0, 0.05) is 37.3 Å². The van der Waals surface area contributed by atoms with Crippen molar-refractivity contribution in [3.8, 4) is 0 Å². The van der Waals surface area contributed by atoms with E-state index < -0.39 is 0 Å². The number of rotatable bonds is 6. The van der Waals surface area contributed by atoms with Crippen LogP contribution in [0.1, 0.15) is 48.9 Å². The molecule has 2 aliphatic rings. The summed E-state index contributed by atoms with van der Waals surface area (Å²) in [5.74, 6) is 1.27. The maximum absolute atomic E-state index is 12.4. The number of aromatic nitrogens is 1. The summed E-state index contributed by atoms with van der Waals surface area (Å²) in [4.78, 5) is 30.3. The van der Waals surface area contributed by atoms with E-state index in [4.69, 9.17) is 0 Å². The Morgan fingerprint density at radius 2 is 1.96 bits per heavy atom. The normalized spacial score (nSPS) is 19.1. The fourth-order valence-corrected chi connectivity index (χ4v) is 4.73. The van der Waals surface area contributed by atoms with E-state index in [0.29, 0.717) is 22.5 Å². The molecule has 1 saturated carbocycles. The Morgan fingerprint density at radius 3 is 2.64 bits per heavy atom. The number of likely N-dealkylation sites (tertiary alicyclic amines) is 1. The summed E-state index contributed by atoms with van der Waals surface area (Å²) in [6.07, 6.45) is 10.4. The first-order valence-corrected chi connectivity index (χ1v) is 10.3. The summed E-state index contributed by atoms with van der Waals surface area (Å²) in [5, 5.41) is 3.77. The van der Waals surface area contributed by atoms with Gasteiger partial charge < -0.3 is 10.2 Å². The fourth-order valence-electron chi connectivity index (χ4n) is 3.57. The Kier molecular flexibility index (Phi) is 6.73. The van der Waals surface area contributed by atoms with Crippen LogP contribution >= 0.6 is 11.8 Å². The standard InChI is InChI=1S/C19H27N3O2S/c23-18(14-25-17-5-1-2-6-17)21-12-15-7-10-22(11-8-15)19(24)16-4-3-9-20-13-16/h3-4,9,13,15,17H,1-2,5-8,10-12,14H2,(H,21,23). The Bertz CT molecular complexity index is 567. The highest BCUT2D eigenvalue weighted by Gasteiger charge is 2.24. The molecule has 1 aromatic rings. The second-order valence-electron chi connectivity index (χ2n) is 7.00. The van der Waals surface area contributed by atoms with E-state index in [1.807, 2.05) is 22.7 Å². The van der Waals surface area contributed by atoms with Crippen LogP contribution in [0.2, 0.25) is 0 Å². The molecule has 0 bridgehead atoms. The lowest BCUT2D eigenvalue weighted by molar-refractivity contribution is -0.118. The number of piperidine rings is 1. The first-order chi connectivity index (χ1) is 12.2. The lowest BCUT2D eigenvalue weighted by Crippen LogP contribution is -2.41. The van der Waals surface area contributed by atoms with Crippen molar-refractivity contribution in [2.75, 3.05) is 25.4 Å². The molecule has 0 radical (unpaired) electrons. The van der Waals surface area contributed by atoms with Crippen molar-refractivity contribution in [3.05, 3.63) is 30.1 Å². The van der Waals surface area contributed by atoms with E-state index in [2.05, 4.69) is 10.3 Å². The number of nitrogens with one attached hydrogen (secondary N) is 1. The van der Waals surface area contributed by atoms with Crippen molar-refractivity contribution < 1.29 is 9.59 Å². The number of thioether (sulfide) groups is 1. The predicted molar refractivity (Wildman–Crippen MR) is 101 cm³/mol. The third kappa shape index (κ3) is 5.46. The molecule has 2 fully saturated rings. The van der Waals surface area contributed by atoms with Gasteiger partial charge in [-0.25, -0.2) is 0 Å². The molecule has 2 amide bonds. The minimum Gasteiger partial charge on any atom is -0.355 e. The lowest BCUT2D eigenvalue weighted by atomic mass is 9.96. The smallest absolute Gasteiger partial charge is 0.255 e. The number of carbonyl (C=O) groups is 2. The summed E-state index contributed by atoms with van der Waals surface area (Å²) < 4.78 is 0. The largest absolute Gasteiger partial charge is 0.355 e. The van der Waals surface area contributed by atoms with Crippen molar-refractivity contribution in [2.24, 2.45) is 5.92 Å². The quantitative estimate of drug-likeness (QED) is 0.846. The van der Waals surface area contributed by atoms with Gasteiger partial charge >= 0.3 is 0 Å². The molecular formula is C19H27N3O2S. The molecule has 1 saturated heterocycles. The molecule has 1 aromatic heterocycles. The zero-order chi connectivity index (χ0) is 17.5. The fraction of sp³-hybridized carbons (Fsp3) is 0.632. The van der Waals surface area contributed by atoms with E-state index in [1.54, 1.807) is 18.5 Å². The zero-order valence-electron chi connectivity index (χ0n) is 14.7. The number of carbonyl (C=O) groups excluding carboxylic acids is 2. The molecule has 1 aliphatic carbocycles. The molecule has 25 heavy (non-hydrogen) atoms. The minimum absolute atomic E-state index is 0.0588. The highest BCUT2D eigenvalue weighted by Crippen LogP contribution is 2.29. The lowest BCUT2D eigenvalue weighted by Gasteiger charge is -2.32. The molecule has 136 valence electrons. The average Bonchev–Trinajstić information content (AvgIpc) is 3.19. The van der Waals surface area contributed by atoms with Crippen molar-refractivity contribution in [3.63, 3.8) is 0 Å². The molecular weight excluding hydrogens is 334 g/mol. The summed E-state index contributed by atoms with van der Waals surface area (Å²) in [5.41, 5.74) is 0.651. The van der Waals surface area contributed by atoms with Crippen LogP contribution in [0.15, 0.2) is 24.5 Å². The van der Waals surface area contributed by atoms with Crippen LogP contribution < -0.4 is 5.32 Å². The van der Waals surface area contributed by atoms with Crippen molar-refractivity contribution >= 4 is 23.6 Å². The van der Waals surface area contributed by atoms with E-state index in [0.717, 1.165) is 32.5 Å². The number of amides is 2. The third-order valence-electron chi connectivity index (χ3n) is 5.15. The van der Waals surface area contributed by atoms with Gasteiger partial charge in [0.15, 0.2) is 0 Å². The van der Waals surface area contributed by atoms with Gasteiger partial charge in [-0.3, -0.25) is 14.6 Å². The Labute approximate surface area is 154 Å². The highest BCUT2D eigenvalue weighted by molar-refractivity contribution is 8.00. The number of hydrogen-bond acceptors (Lipinski definition) is 4. The summed E-state index contributed by atoms with van der Waals surface area (Å²) in [6.45, 7) is 2.25. The van der Waals surface area contributed by atoms with Crippen LogP contribution in [0.3, 0.4) is 0 Å². The first kappa shape index (κ1) is 18.2. The summed E-state index contributed by atoms with van der Waals surface area (Å²) >= 11 is 1.81. The van der Waals surface area contributed by atoms with Crippen molar-refractivity contribution in [1.29, 1.82) is 0 Å². The van der Waals surface area contributed by atoms with Gasteiger partial charge in [0.05, 0.1) is 11.3 Å². The van der Waals surface area contributed by atoms with Crippen molar-refractivity contribution in [2.45, 2.75) is 43.8 Å². The molecule has 5 nitrogen and oxygen atoms in total. The highest BCUT2D eigenvalue weighted by atomic mass is 32.2. The zero-order valence-corrected chi connectivity index (χ0v) is 15.5. The maximum Gasteiger partial charge on any atom is 0.255 e. The van der Waals surface area contributed by atoms with Crippen LogP contribution in [0.4, 0.5) is 0 Å². The summed E-state index contributed by atoms with van der Waals surface area (Å²) in [7, 11) is 0. The SMILES string of the molecule is O=C(CSC1CCCC1)NCC1CCN(C(=O)c2cccnc2)CC1. The molecule has 2 heterocycles. The molecule has 3 rings (SSSR count). The van der Waals surface area contributed by atoms with Crippen LogP contribution in [-0.2, 0) is 4.79 Å². The summed E-state index contributed by atoms with van der Waals surface area (Å²) in [6, 6.07) is 3.60. The molecule has 1 aliphatic heterocycles. The van der Waals surface area contributed by atoms with Gasteiger partial charge in [-0.05, 0) is 43.7 Å². The first-order valence-electron chi connectivity index (χ1n) is 9.30. The number of pyridine rings is 1. The van der Waals surface area contributed by atoms with Gasteiger partial charge in [-0.1, -0.05) is 12.8 Å². The molecule has 6 heteroatoms.